The summed E-state index contributed by atoms with van der Waals surface area (Å²) in [6, 6.07) is 0.507. The summed E-state index contributed by atoms with van der Waals surface area (Å²) in [7, 11) is 0. The molecule has 0 spiro atoms. The van der Waals surface area contributed by atoms with Gasteiger partial charge in [-0.05, 0) is 13.3 Å². The summed E-state index contributed by atoms with van der Waals surface area (Å²) in [6.45, 7) is 4.46. The van der Waals surface area contributed by atoms with Gasteiger partial charge in [-0.2, -0.15) is 0 Å². The number of nitrogens with zero attached hydrogens (tertiary/aromatic N) is 2. The molecule has 1 N–H and O–H groups in total. The fourth-order valence-corrected chi connectivity index (χ4v) is 1.78. The van der Waals surface area contributed by atoms with Crippen molar-refractivity contribution in [3.63, 3.8) is 0 Å². The van der Waals surface area contributed by atoms with E-state index in [4.69, 9.17) is 0 Å². The third kappa shape index (κ3) is 5.69. The van der Waals surface area contributed by atoms with E-state index in [2.05, 4.69) is 29.1 Å². The van der Waals surface area contributed by atoms with Gasteiger partial charge in [0.15, 0.2) is 0 Å². The number of rotatable bonds is 8. The average molecular weight is 221 g/mol. The first-order valence-electron chi connectivity index (χ1n) is 6.34. The van der Waals surface area contributed by atoms with E-state index in [1.165, 1.54) is 38.5 Å². The van der Waals surface area contributed by atoms with E-state index in [0.29, 0.717) is 6.04 Å². The number of aromatic nitrogens is 2. The molecule has 1 aromatic heterocycles. The van der Waals surface area contributed by atoms with Crippen molar-refractivity contribution >= 4 is 5.69 Å². The minimum absolute atomic E-state index is 0.507. The van der Waals surface area contributed by atoms with Gasteiger partial charge in [-0.1, -0.05) is 39.0 Å². The summed E-state index contributed by atoms with van der Waals surface area (Å²) in [5, 5.41) is 3.41. The summed E-state index contributed by atoms with van der Waals surface area (Å²) < 4.78 is 0. The molecule has 90 valence electrons. The number of anilines is 1. The molecule has 1 aromatic rings. The molecule has 0 saturated heterocycles. The fourth-order valence-electron chi connectivity index (χ4n) is 1.78. The van der Waals surface area contributed by atoms with Gasteiger partial charge in [0.25, 0.3) is 0 Å². The standard InChI is InChI=1S/C13H23N3/c1-3-4-5-6-7-8-12(2)16-13-9-14-11-15-10-13/h9-12,16H,3-8H2,1-2H3. The van der Waals surface area contributed by atoms with Crippen LogP contribution < -0.4 is 5.32 Å². The fraction of sp³-hybridized carbons (Fsp3) is 0.692. The van der Waals surface area contributed by atoms with Gasteiger partial charge in [0.05, 0.1) is 18.1 Å². The number of unbranched alkanes of at least 4 members (excludes halogenated alkanes) is 4. The normalized spacial score (nSPS) is 12.4. The highest BCUT2D eigenvalue weighted by molar-refractivity contribution is 5.37. The lowest BCUT2D eigenvalue weighted by Gasteiger charge is -2.14. The highest BCUT2D eigenvalue weighted by Crippen LogP contribution is 2.10. The third-order valence-corrected chi connectivity index (χ3v) is 2.71. The van der Waals surface area contributed by atoms with Crippen molar-refractivity contribution in [1.82, 2.24) is 9.97 Å². The molecule has 3 heteroatoms. The lowest BCUT2D eigenvalue weighted by atomic mass is 10.1. The zero-order chi connectivity index (χ0) is 11.6. The summed E-state index contributed by atoms with van der Waals surface area (Å²) >= 11 is 0. The van der Waals surface area contributed by atoms with Crippen LogP contribution in [-0.2, 0) is 0 Å². The quantitative estimate of drug-likeness (QED) is 0.681. The largest absolute Gasteiger partial charge is 0.380 e. The first-order chi connectivity index (χ1) is 7.83. The van der Waals surface area contributed by atoms with E-state index in [9.17, 15) is 0 Å². The Bertz CT molecular complexity index is 261. The molecule has 16 heavy (non-hydrogen) atoms. The van der Waals surface area contributed by atoms with Gasteiger partial charge in [0.2, 0.25) is 0 Å². The van der Waals surface area contributed by atoms with Crippen molar-refractivity contribution in [1.29, 1.82) is 0 Å². The Morgan fingerprint density at radius 2 is 1.81 bits per heavy atom. The molecule has 0 saturated carbocycles. The summed E-state index contributed by atoms with van der Waals surface area (Å²) in [5.74, 6) is 0. The minimum atomic E-state index is 0.507. The Labute approximate surface area is 98.7 Å². The van der Waals surface area contributed by atoms with Crippen LogP contribution in [0.4, 0.5) is 5.69 Å². The van der Waals surface area contributed by atoms with Crippen molar-refractivity contribution in [2.75, 3.05) is 5.32 Å². The van der Waals surface area contributed by atoms with Gasteiger partial charge in [0.1, 0.15) is 6.33 Å². The second-order valence-electron chi connectivity index (χ2n) is 4.38. The molecule has 1 heterocycles. The maximum absolute atomic E-state index is 3.98. The molecule has 1 unspecified atom stereocenters. The van der Waals surface area contributed by atoms with Crippen LogP contribution >= 0.6 is 0 Å². The second kappa shape index (κ2) is 8.08. The van der Waals surface area contributed by atoms with E-state index in [1.807, 2.05) is 12.4 Å². The van der Waals surface area contributed by atoms with E-state index < -0.39 is 0 Å². The van der Waals surface area contributed by atoms with E-state index in [0.717, 1.165) is 5.69 Å². The Kier molecular flexibility index (Phi) is 6.54. The average Bonchev–Trinajstić information content (AvgIpc) is 2.30. The Morgan fingerprint density at radius 1 is 1.12 bits per heavy atom. The molecule has 3 nitrogen and oxygen atoms in total. The maximum atomic E-state index is 3.98. The Hall–Kier alpha value is -1.12. The van der Waals surface area contributed by atoms with Gasteiger partial charge < -0.3 is 5.32 Å². The zero-order valence-corrected chi connectivity index (χ0v) is 10.4. The highest BCUT2D eigenvalue weighted by Gasteiger charge is 2.01. The zero-order valence-electron chi connectivity index (χ0n) is 10.4. The lowest BCUT2D eigenvalue weighted by Crippen LogP contribution is -2.15. The van der Waals surface area contributed by atoms with Crippen molar-refractivity contribution in [3.8, 4) is 0 Å². The topological polar surface area (TPSA) is 37.8 Å². The first kappa shape index (κ1) is 12.9. The predicted molar refractivity (Wildman–Crippen MR) is 68.5 cm³/mol. The molecule has 0 aliphatic heterocycles. The molecule has 1 rings (SSSR count). The molecule has 0 radical (unpaired) electrons. The predicted octanol–water partition coefficient (Wildman–Crippen LogP) is 3.64. The number of nitrogens with one attached hydrogen (secondary N) is 1. The van der Waals surface area contributed by atoms with Crippen molar-refractivity contribution < 1.29 is 0 Å². The van der Waals surface area contributed by atoms with Crippen molar-refractivity contribution in [2.24, 2.45) is 0 Å². The van der Waals surface area contributed by atoms with Crippen molar-refractivity contribution in [2.45, 2.75) is 58.4 Å². The first-order valence-corrected chi connectivity index (χ1v) is 6.34. The van der Waals surface area contributed by atoms with Crippen LogP contribution in [-0.4, -0.2) is 16.0 Å². The molecule has 0 bridgehead atoms. The lowest BCUT2D eigenvalue weighted by molar-refractivity contribution is 0.578. The van der Waals surface area contributed by atoms with Crippen LogP contribution in [0.2, 0.25) is 0 Å². The van der Waals surface area contributed by atoms with E-state index in [-0.39, 0.29) is 0 Å². The van der Waals surface area contributed by atoms with Crippen LogP contribution in [0.1, 0.15) is 52.4 Å². The molecule has 0 fully saturated rings. The van der Waals surface area contributed by atoms with Gasteiger partial charge in [-0.3, -0.25) is 0 Å². The monoisotopic (exact) mass is 221 g/mol. The second-order valence-corrected chi connectivity index (χ2v) is 4.38. The molecule has 0 amide bonds. The van der Waals surface area contributed by atoms with Gasteiger partial charge in [-0.15, -0.1) is 0 Å². The van der Waals surface area contributed by atoms with Crippen LogP contribution in [0.25, 0.3) is 0 Å². The van der Waals surface area contributed by atoms with Crippen LogP contribution in [0, 0.1) is 0 Å². The van der Waals surface area contributed by atoms with Gasteiger partial charge in [-0.25, -0.2) is 9.97 Å². The highest BCUT2D eigenvalue weighted by atomic mass is 14.9. The summed E-state index contributed by atoms with van der Waals surface area (Å²) in [5.41, 5.74) is 1.02. The van der Waals surface area contributed by atoms with Crippen LogP contribution in [0.15, 0.2) is 18.7 Å². The molecule has 0 aliphatic carbocycles. The smallest absolute Gasteiger partial charge is 0.115 e. The summed E-state index contributed by atoms with van der Waals surface area (Å²) in [6.07, 6.45) is 13.1. The molecule has 0 aromatic carbocycles. The molecule has 1 atom stereocenters. The van der Waals surface area contributed by atoms with Gasteiger partial charge >= 0.3 is 0 Å². The van der Waals surface area contributed by atoms with Crippen LogP contribution in [0.5, 0.6) is 0 Å². The van der Waals surface area contributed by atoms with Gasteiger partial charge in [0, 0.05) is 6.04 Å². The Balaban J connectivity index is 2.09. The molecular formula is C13H23N3. The number of hydrogen-bond donors (Lipinski definition) is 1. The molecule has 0 aliphatic rings. The van der Waals surface area contributed by atoms with E-state index in [1.54, 1.807) is 6.33 Å². The van der Waals surface area contributed by atoms with Crippen molar-refractivity contribution in [3.05, 3.63) is 18.7 Å². The maximum Gasteiger partial charge on any atom is 0.115 e. The Morgan fingerprint density at radius 3 is 2.50 bits per heavy atom. The minimum Gasteiger partial charge on any atom is -0.380 e. The molecular weight excluding hydrogens is 198 g/mol. The number of hydrogen-bond acceptors (Lipinski definition) is 3. The SMILES string of the molecule is CCCCCCCC(C)Nc1cncnc1. The summed E-state index contributed by atoms with van der Waals surface area (Å²) in [4.78, 5) is 7.97. The van der Waals surface area contributed by atoms with E-state index >= 15 is 0 Å². The third-order valence-electron chi connectivity index (χ3n) is 2.71. The van der Waals surface area contributed by atoms with Crippen LogP contribution in [0.3, 0.4) is 0 Å².